The number of tetrazole rings is 1. The van der Waals surface area contributed by atoms with Gasteiger partial charge in [-0.15, -0.1) is 11.3 Å². The molecule has 0 atom stereocenters. The van der Waals surface area contributed by atoms with Crippen LogP contribution in [-0.4, -0.2) is 42.8 Å². The van der Waals surface area contributed by atoms with Crippen molar-refractivity contribution in [1.29, 1.82) is 0 Å². The molecule has 3 heterocycles. The third-order valence-electron chi connectivity index (χ3n) is 5.22. The van der Waals surface area contributed by atoms with Gasteiger partial charge in [-0.3, -0.25) is 4.90 Å². The van der Waals surface area contributed by atoms with Gasteiger partial charge in [-0.2, -0.15) is 4.68 Å². The summed E-state index contributed by atoms with van der Waals surface area (Å²) in [6.07, 6.45) is 2.22. The summed E-state index contributed by atoms with van der Waals surface area (Å²) in [7, 11) is 0. The molecule has 8 heteroatoms. The Balaban J connectivity index is 1.25. The standard InChI is InChI=1S/C20H20N6S2/c27-20-25(22-23-26(20)16-6-2-1-3-7-16)14-24-12-10-15(11-13-24)19-21-17-8-4-5-9-18(17)28-19/h1-9,15H,10-14H2. The van der Waals surface area contributed by atoms with E-state index in [0.717, 1.165) is 37.1 Å². The molecular formula is C20H20N6S2. The zero-order chi connectivity index (χ0) is 18.9. The van der Waals surface area contributed by atoms with E-state index in [-0.39, 0.29) is 0 Å². The number of aromatic nitrogens is 5. The van der Waals surface area contributed by atoms with Crippen molar-refractivity contribution in [3.63, 3.8) is 0 Å². The molecule has 4 aromatic rings. The van der Waals surface area contributed by atoms with Crippen LogP contribution < -0.4 is 0 Å². The van der Waals surface area contributed by atoms with Crippen LogP contribution in [0.25, 0.3) is 15.9 Å². The van der Waals surface area contributed by atoms with E-state index in [4.69, 9.17) is 17.2 Å². The maximum Gasteiger partial charge on any atom is 0.221 e. The van der Waals surface area contributed by atoms with E-state index in [1.54, 1.807) is 9.36 Å². The van der Waals surface area contributed by atoms with Crippen molar-refractivity contribution in [2.24, 2.45) is 0 Å². The molecule has 1 aliphatic heterocycles. The molecule has 28 heavy (non-hydrogen) atoms. The molecule has 0 N–H and O–H groups in total. The first-order chi connectivity index (χ1) is 13.8. The maximum absolute atomic E-state index is 5.58. The zero-order valence-electron chi connectivity index (χ0n) is 15.3. The molecule has 0 aliphatic carbocycles. The minimum Gasteiger partial charge on any atom is -0.284 e. The summed E-state index contributed by atoms with van der Waals surface area (Å²) in [5.41, 5.74) is 2.06. The van der Waals surface area contributed by atoms with Crippen LogP contribution in [0.15, 0.2) is 54.6 Å². The second-order valence-corrected chi connectivity index (χ2v) is 8.49. The van der Waals surface area contributed by atoms with Crippen molar-refractivity contribution in [3.8, 4) is 5.69 Å². The normalized spacial score (nSPS) is 16.0. The van der Waals surface area contributed by atoms with Gasteiger partial charge in [-0.05, 0) is 59.8 Å². The zero-order valence-corrected chi connectivity index (χ0v) is 16.9. The lowest BCUT2D eigenvalue weighted by atomic mass is 9.98. The molecule has 1 aliphatic rings. The Morgan fingerprint density at radius 2 is 1.71 bits per heavy atom. The van der Waals surface area contributed by atoms with E-state index in [2.05, 4.69) is 39.6 Å². The molecule has 2 aromatic heterocycles. The summed E-state index contributed by atoms with van der Waals surface area (Å²) in [6, 6.07) is 18.3. The van der Waals surface area contributed by atoms with Crippen molar-refractivity contribution in [3.05, 3.63) is 64.4 Å². The molecule has 142 valence electrons. The highest BCUT2D eigenvalue weighted by Crippen LogP contribution is 2.33. The summed E-state index contributed by atoms with van der Waals surface area (Å²) < 4.78 is 5.42. The molecule has 1 saturated heterocycles. The number of para-hydroxylation sites is 2. The summed E-state index contributed by atoms with van der Waals surface area (Å²) in [4.78, 5) is 7.24. The molecule has 2 aromatic carbocycles. The number of hydrogen-bond donors (Lipinski definition) is 0. The molecule has 0 saturated carbocycles. The fourth-order valence-corrected chi connectivity index (χ4v) is 5.04. The smallest absolute Gasteiger partial charge is 0.221 e. The second-order valence-electron chi connectivity index (χ2n) is 7.06. The van der Waals surface area contributed by atoms with Gasteiger partial charge in [0.1, 0.15) is 0 Å². The quantitative estimate of drug-likeness (QED) is 0.473. The molecule has 5 rings (SSSR count). The van der Waals surface area contributed by atoms with Crippen LogP contribution >= 0.6 is 23.6 Å². The minimum absolute atomic E-state index is 0.543. The first-order valence-electron chi connectivity index (χ1n) is 9.44. The average molecular weight is 409 g/mol. The molecular weight excluding hydrogens is 388 g/mol. The Hall–Kier alpha value is -2.42. The molecule has 1 fully saturated rings. The van der Waals surface area contributed by atoms with Gasteiger partial charge in [0.05, 0.1) is 27.6 Å². The minimum atomic E-state index is 0.543. The lowest BCUT2D eigenvalue weighted by molar-refractivity contribution is 0.159. The van der Waals surface area contributed by atoms with E-state index in [1.165, 1.54) is 9.71 Å². The highest BCUT2D eigenvalue weighted by molar-refractivity contribution is 7.71. The van der Waals surface area contributed by atoms with Crippen LogP contribution in [0.5, 0.6) is 0 Å². The third kappa shape index (κ3) is 3.39. The number of likely N-dealkylation sites (tertiary alicyclic amines) is 1. The third-order valence-corrected chi connectivity index (χ3v) is 6.80. The van der Waals surface area contributed by atoms with E-state index in [0.29, 0.717) is 17.4 Å². The van der Waals surface area contributed by atoms with Crippen LogP contribution in [0, 0.1) is 4.77 Å². The molecule has 0 unspecified atom stereocenters. The predicted molar refractivity (Wildman–Crippen MR) is 113 cm³/mol. The van der Waals surface area contributed by atoms with Gasteiger partial charge in [-0.25, -0.2) is 9.67 Å². The number of hydrogen-bond acceptors (Lipinski definition) is 6. The fraction of sp³-hybridized carbons (Fsp3) is 0.300. The van der Waals surface area contributed by atoms with Crippen molar-refractivity contribution >= 4 is 33.8 Å². The molecule has 0 bridgehead atoms. The van der Waals surface area contributed by atoms with Crippen molar-refractivity contribution in [1.82, 2.24) is 29.7 Å². The van der Waals surface area contributed by atoms with Crippen LogP contribution in [0.2, 0.25) is 0 Å². The van der Waals surface area contributed by atoms with Gasteiger partial charge in [0, 0.05) is 19.0 Å². The molecule has 6 nitrogen and oxygen atoms in total. The topological polar surface area (TPSA) is 51.8 Å². The van der Waals surface area contributed by atoms with E-state index in [9.17, 15) is 0 Å². The molecule has 0 spiro atoms. The van der Waals surface area contributed by atoms with Crippen LogP contribution in [0.3, 0.4) is 0 Å². The number of thiazole rings is 1. The van der Waals surface area contributed by atoms with E-state index in [1.807, 2.05) is 41.7 Å². The summed E-state index contributed by atoms with van der Waals surface area (Å²) in [6.45, 7) is 2.71. The van der Waals surface area contributed by atoms with E-state index < -0.39 is 0 Å². The number of benzene rings is 2. The number of fused-ring (bicyclic) bond motifs is 1. The lowest BCUT2D eigenvalue weighted by Crippen LogP contribution is -2.34. The summed E-state index contributed by atoms with van der Waals surface area (Å²) in [5, 5.41) is 9.77. The Morgan fingerprint density at radius 1 is 0.964 bits per heavy atom. The predicted octanol–water partition coefficient (Wildman–Crippen LogP) is 4.25. The Morgan fingerprint density at radius 3 is 2.50 bits per heavy atom. The molecule has 0 radical (unpaired) electrons. The van der Waals surface area contributed by atoms with Gasteiger partial charge < -0.3 is 0 Å². The number of nitrogens with zero attached hydrogens (tertiary/aromatic N) is 6. The monoisotopic (exact) mass is 408 g/mol. The highest BCUT2D eigenvalue weighted by Gasteiger charge is 2.24. The lowest BCUT2D eigenvalue weighted by Gasteiger charge is -2.30. The Kier molecular flexibility index (Phi) is 4.76. The van der Waals surface area contributed by atoms with Crippen LogP contribution in [-0.2, 0) is 6.67 Å². The Bertz CT molecular complexity index is 1110. The van der Waals surface area contributed by atoms with Gasteiger partial charge in [0.15, 0.2) is 0 Å². The number of rotatable bonds is 4. The average Bonchev–Trinajstić information content (AvgIpc) is 3.33. The summed E-state index contributed by atoms with van der Waals surface area (Å²) in [5.74, 6) is 0.543. The largest absolute Gasteiger partial charge is 0.284 e. The highest BCUT2D eigenvalue weighted by atomic mass is 32.1. The summed E-state index contributed by atoms with van der Waals surface area (Å²) >= 11 is 7.41. The van der Waals surface area contributed by atoms with Crippen molar-refractivity contribution in [2.75, 3.05) is 13.1 Å². The number of piperidine rings is 1. The molecule has 0 amide bonds. The van der Waals surface area contributed by atoms with Gasteiger partial charge in [0.25, 0.3) is 0 Å². The SMILES string of the molecule is S=c1n(CN2CCC(c3nc4ccccc4s3)CC2)nnn1-c1ccccc1. The van der Waals surface area contributed by atoms with Gasteiger partial charge in [0.2, 0.25) is 4.77 Å². The van der Waals surface area contributed by atoms with E-state index >= 15 is 0 Å². The second kappa shape index (κ2) is 7.54. The first-order valence-corrected chi connectivity index (χ1v) is 10.7. The van der Waals surface area contributed by atoms with Gasteiger partial charge >= 0.3 is 0 Å². The fourth-order valence-electron chi connectivity index (χ4n) is 3.67. The Labute approximate surface area is 172 Å². The first kappa shape index (κ1) is 17.7. The van der Waals surface area contributed by atoms with Crippen LogP contribution in [0.1, 0.15) is 23.8 Å². The maximum atomic E-state index is 5.58. The van der Waals surface area contributed by atoms with Crippen molar-refractivity contribution < 1.29 is 0 Å². The van der Waals surface area contributed by atoms with Crippen molar-refractivity contribution in [2.45, 2.75) is 25.4 Å². The van der Waals surface area contributed by atoms with Gasteiger partial charge in [-0.1, -0.05) is 30.3 Å². The van der Waals surface area contributed by atoms with Crippen LogP contribution in [0.4, 0.5) is 0 Å².